The standard InChI is InChI=1S/C17H23ClSi/c18-19-17(13-11-15-7-3-1-4-8-15)14-12-16-9-5-2-6-10-16/h1-3,5,11-17H,4,6-10H2. The average Bonchev–Trinajstić information content (AvgIpc) is 2.49. The van der Waals surface area contributed by atoms with E-state index < -0.39 is 0 Å². The van der Waals surface area contributed by atoms with Crippen molar-refractivity contribution < 1.29 is 0 Å². The predicted octanol–water partition coefficient (Wildman–Crippen LogP) is 5.46. The molecule has 0 N–H and O–H groups in total. The molecule has 2 aliphatic carbocycles. The highest BCUT2D eigenvalue weighted by molar-refractivity contribution is 6.95. The van der Waals surface area contributed by atoms with Crippen molar-refractivity contribution in [2.45, 2.75) is 44.1 Å². The molecule has 0 aromatic heterocycles. The second-order valence-electron chi connectivity index (χ2n) is 5.49. The Morgan fingerprint density at radius 2 is 1.42 bits per heavy atom. The molecule has 0 spiro atoms. The Bertz CT molecular complexity index is 333. The fourth-order valence-electron chi connectivity index (χ4n) is 2.67. The summed E-state index contributed by atoms with van der Waals surface area (Å²) in [5.74, 6) is 1.46. The molecule has 0 saturated heterocycles. The molecule has 0 fully saturated rings. The zero-order valence-electron chi connectivity index (χ0n) is 11.5. The van der Waals surface area contributed by atoms with Gasteiger partial charge in [-0.2, -0.15) is 11.1 Å². The van der Waals surface area contributed by atoms with E-state index >= 15 is 0 Å². The second kappa shape index (κ2) is 8.60. The van der Waals surface area contributed by atoms with Crippen molar-refractivity contribution in [1.82, 2.24) is 0 Å². The third-order valence-electron chi connectivity index (χ3n) is 3.93. The topological polar surface area (TPSA) is 0 Å². The molecule has 2 aliphatic rings. The Kier molecular flexibility index (Phi) is 6.73. The molecule has 0 nitrogen and oxygen atoms in total. The average molecular weight is 291 g/mol. The van der Waals surface area contributed by atoms with E-state index in [0.29, 0.717) is 14.4 Å². The van der Waals surface area contributed by atoms with E-state index in [2.05, 4.69) is 48.6 Å². The summed E-state index contributed by atoms with van der Waals surface area (Å²) >= 11 is 6.10. The first-order chi connectivity index (χ1) is 9.38. The molecule has 2 heteroatoms. The van der Waals surface area contributed by atoms with Crippen LogP contribution in [0.3, 0.4) is 0 Å². The summed E-state index contributed by atoms with van der Waals surface area (Å²) in [5, 5.41) is 0. The Morgan fingerprint density at radius 3 is 1.79 bits per heavy atom. The smallest absolute Gasteiger partial charge is 0.170 e. The van der Waals surface area contributed by atoms with Crippen LogP contribution < -0.4 is 0 Å². The number of hydrogen-bond donors (Lipinski definition) is 0. The Balaban J connectivity index is 1.81. The molecule has 0 aromatic carbocycles. The van der Waals surface area contributed by atoms with Gasteiger partial charge in [0.25, 0.3) is 0 Å². The zero-order chi connectivity index (χ0) is 13.3. The lowest BCUT2D eigenvalue weighted by Crippen LogP contribution is -2.01. The fraction of sp³-hybridized carbons (Fsp3) is 0.529. The summed E-state index contributed by atoms with van der Waals surface area (Å²) in [6.45, 7) is 0. The fourth-order valence-corrected chi connectivity index (χ4v) is 3.48. The predicted molar refractivity (Wildman–Crippen MR) is 86.6 cm³/mol. The quantitative estimate of drug-likeness (QED) is 0.358. The normalized spacial score (nSPS) is 29.3. The number of allylic oxidation sites excluding steroid dienone is 8. The molecule has 0 heterocycles. The Morgan fingerprint density at radius 1 is 0.895 bits per heavy atom. The van der Waals surface area contributed by atoms with Gasteiger partial charge >= 0.3 is 0 Å². The second-order valence-corrected chi connectivity index (χ2v) is 7.03. The SMILES string of the molecule is Cl[Si]C(C=CC1CC=CCC1)C=CC1CC=CCC1. The van der Waals surface area contributed by atoms with Crippen LogP contribution in [0.2, 0.25) is 5.54 Å². The monoisotopic (exact) mass is 290 g/mol. The molecule has 0 amide bonds. The van der Waals surface area contributed by atoms with Crippen molar-refractivity contribution in [2.24, 2.45) is 11.8 Å². The maximum atomic E-state index is 6.10. The number of rotatable bonds is 5. The van der Waals surface area contributed by atoms with Gasteiger partial charge < -0.3 is 0 Å². The van der Waals surface area contributed by atoms with E-state index in [1.807, 2.05) is 0 Å². The highest BCUT2D eigenvalue weighted by atomic mass is 35.6. The van der Waals surface area contributed by atoms with E-state index in [4.69, 9.17) is 11.1 Å². The van der Waals surface area contributed by atoms with Gasteiger partial charge in [0, 0.05) is 5.54 Å². The summed E-state index contributed by atoms with van der Waals surface area (Å²) in [6.07, 6.45) is 26.1. The maximum Gasteiger partial charge on any atom is 0.183 e. The van der Waals surface area contributed by atoms with Crippen LogP contribution in [-0.4, -0.2) is 8.83 Å². The van der Waals surface area contributed by atoms with Crippen LogP contribution in [0.1, 0.15) is 38.5 Å². The lowest BCUT2D eigenvalue weighted by Gasteiger charge is -2.15. The van der Waals surface area contributed by atoms with Crippen LogP contribution >= 0.6 is 11.1 Å². The summed E-state index contributed by atoms with van der Waals surface area (Å²) in [4.78, 5) is 0. The van der Waals surface area contributed by atoms with Gasteiger partial charge in [0.1, 0.15) is 0 Å². The van der Waals surface area contributed by atoms with Crippen molar-refractivity contribution in [3.63, 3.8) is 0 Å². The van der Waals surface area contributed by atoms with Crippen LogP contribution in [0.4, 0.5) is 0 Å². The van der Waals surface area contributed by atoms with E-state index in [1.165, 1.54) is 38.5 Å². The van der Waals surface area contributed by atoms with Gasteiger partial charge in [0.15, 0.2) is 8.83 Å². The minimum absolute atomic E-state index is 0.429. The molecule has 102 valence electrons. The summed E-state index contributed by atoms with van der Waals surface area (Å²) < 4.78 is 0. The molecule has 0 aliphatic heterocycles. The van der Waals surface area contributed by atoms with Crippen LogP contribution in [-0.2, 0) is 0 Å². The molecular weight excluding hydrogens is 268 g/mol. The van der Waals surface area contributed by atoms with Crippen LogP contribution in [0.15, 0.2) is 48.6 Å². The van der Waals surface area contributed by atoms with Crippen molar-refractivity contribution in [3.8, 4) is 0 Å². The van der Waals surface area contributed by atoms with Crippen molar-refractivity contribution in [2.75, 3.05) is 0 Å². The first kappa shape index (κ1) is 14.9. The highest BCUT2D eigenvalue weighted by Gasteiger charge is 2.09. The molecule has 2 radical (unpaired) electrons. The minimum Gasteiger partial charge on any atom is -0.170 e. The van der Waals surface area contributed by atoms with E-state index in [0.717, 1.165) is 11.8 Å². The highest BCUT2D eigenvalue weighted by Crippen LogP contribution is 2.23. The number of halogens is 1. The third-order valence-corrected chi connectivity index (χ3v) is 5.32. The van der Waals surface area contributed by atoms with Gasteiger partial charge in [-0.1, -0.05) is 48.6 Å². The first-order valence-electron chi connectivity index (χ1n) is 7.41. The van der Waals surface area contributed by atoms with E-state index in [9.17, 15) is 0 Å². The largest absolute Gasteiger partial charge is 0.183 e. The van der Waals surface area contributed by atoms with Gasteiger partial charge in [-0.05, 0) is 50.4 Å². The molecule has 0 aromatic rings. The molecule has 0 saturated carbocycles. The lowest BCUT2D eigenvalue weighted by atomic mass is 9.93. The van der Waals surface area contributed by atoms with Crippen LogP contribution in [0.25, 0.3) is 0 Å². The summed E-state index contributed by atoms with van der Waals surface area (Å²) in [7, 11) is 0.454. The van der Waals surface area contributed by atoms with Gasteiger partial charge in [0.2, 0.25) is 0 Å². The minimum atomic E-state index is 0.429. The summed E-state index contributed by atoms with van der Waals surface area (Å²) in [6, 6.07) is 0. The van der Waals surface area contributed by atoms with Gasteiger partial charge in [0.05, 0.1) is 0 Å². The molecule has 0 bridgehead atoms. The molecule has 19 heavy (non-hydrogen) atoms. The van der Waals surface area contributed by atoms with Crippen molar-refractivity contribution in [3.05, 3.63) is 48.6 Å². The van der Waals surface area contributed by atoms with Gasteiger partial charge in [-0.3, -0.25) is 0 Å². The molecule has 2 atom stereocenters. The van der Waals surface area contributed by atoms with Gasteiger partial charge in [-0.15, -0.1) is 0 Å². The Labute approximate surface area is 124 Å². The van der Waals surface area contributed by atoms with E-state index in [1.54, 1.807) is 0 Å². The van der Waals surface area contributed by atoms with E-state index in [-0.39, 0.29) is 0 Å². The lowest BCUT2D eigenvalue weighted by molar-refractivity contribution is 0.580. The van der Waals surface area contributed by atoms with Crippen LogP contribution in [0.5, 0.6) is 0 Å². The Hall–Kier alpha value is -0.533. The zero-order valence-corrected chi connectivity index (χ0v) is 13.2. The van der Waals surface area contributed by atoms with Crippen molar-refractivity contribution >= 4 is 19.9 Å². The first-order valence-corrected chi connectivity index (χ1v) is 9.50. The molecule has 2 unspecified atom stereocenters. The maximum absolute atomic E-state index is 6.10. The van der Waals surface area contributed by atoms with Crippen LogP contribution in [0, 0.1) is 11.8 Å². The van der Waals surface area contributed by atoms with Gasteiger partial charge in [-0.25, -0.2) is 0 Å². The van der Waals surface area contributed by atoms with Crippen molar-refractivity contribution in [1.29, 1.82) is 0 Å². The molecular formula is C17H23ClSi. The third kappa shape index (κ3) is 5.54. The number of hydrogen-bond acceptors (Lipinski definition) is 0. The molecule has 2 rings (SSSR count). The summed E-state index contributed by atoms with van der Waals surface area (Å²) in [5.41, 5.74) is 0.429.